The number of nitrogens with one attached hydrogen (secondary N) is 1. The lowest BCUT2D eigenvalue weighted by Crippen LogP contribution is -2.51. The zero-order valence-corrected chi connectivity index (χ0v) is 12.2. The predicted octanol–water partition coefficient (Wildman–Crippen LogP) is -0.729. The Morgan fingerprint density at radius 1 is 1.50 bits per heavy atom. The number of amides is 1. The van der Waals surface area contributed by atoms with E-state index >= 15 is 0 Å². The van der Waals surface area contributed by atoms with Crippen LogP contribution in [0.1, 0.15) is 32.6 Å². The number of carbonyl (C=O) groups is 2. The first-order chi connectivity index (χ1) is 9.22. The largest absolute Gasteiger partial charge is 0.480 e. The third-order valence-electron chi connectivity index (χ3n) is 3.23. The summed E-state index contributed by atoms with van der Waals surface area (Å²) in [6.07, 6.45) is 1.36. The van der Waals surface area contributed by atoms with E-state index in [9.17, 15) is 18.0 Å². The number of piperidine rings is 1. The van der Waals surface area contributed by atoms with E-state index in [0.717, 1.165) is 12.8 Å². The van der Waals surface area contributed by atoms with Crippen LogP contribution in [0.3, 0.4) is 0 Å². The van der Waals surface area contributed by atoms with Crippen LogP contribution in [0.5, 0.6) is 0 Å². The van der Waals surface area contributed by atoms with E-state index in [0.29, 0.717) is 13.1 Å². The summed E-state index contributed by atoms with van der Waals surface area (Å²) < 4.78 is 27.6. The molecule has 4 N–H and O–H groups in total. The van der Waals surface area contributed by atoms with Crippen molar-refractivity contribution in [2.24, 2.45) is 11.7 Å². The minimum absolute atomic E-state index is 0.159. The maximum atomic E-state index is 12.1. The molecule has 0 aromatic rings. The van der Waals surface area contributed by atoms with Gasteiger partial charge < -0.3 is 10.8 Å². The lowest BCUT2D eigenvalue weighted by molar-refractivity contribution is -0.139. The van der Waals surface area contributed by atoms with Crippen molar-refractivity contribution >= 4 is 22.1 Å². The minimum Gasteiger partial charge on any atom is -0.480 e. The molecule has 0 saturated carbocycles. The number of carbonyl (C=O) groups excluding carboxylic acids is 1. The number of primary amides is 1. The van der Waals surface area contributed by atoms with Crippen LogP contribution in [0.25, 0.3) is 0 Å². The molecule has 0 aliphatic carbocycles. The van der Waals surface area contributed by atoms with Gasteiger partial charge in [0.2, 0.25) is 5.91 Å². The molecule has 20 heavy (non-hydrogen) atoms. The topological polar surface area (TPSA) is 130 Å². The van der Waals surface area contributed by atoms with Crippen LogP contribution < -0.4 is 10.5 Å². The molecule has 0 aromatic carbocycles. The Morgan fingerprint density at radius 3 is 2.65 bits per heavy atom. The second-order valence-electron chi connectivity index (χ2n) is 5.12. The molecule has 1 heterocycles. The zero-order valence-electron chi connectivity index (χ0n) is 11.4. The third kappa shape index (κ3) is 5.06. The van der Waals surface area contributed by atoms with Gasteiger partial charge in [0, 0.05) is 19.5 Å². The fraction of sp³-hybridized carbons (Fsp3) is 0.818. The van der Waals surface area contributed by atoms with Gasteiger partial charge in [-0.3, -0.25) is 9.59 Å². The summed E-state index contributed by atoms with van der Waals surface area (Å²) in [5, 5.41) is 9.00. The molecule has 0 bridgehead atoms. The van der Waals surface area contributed by atoms with Crippen LogP contribution >= 0.6 is 0 Å². The fourth-order valence-electron chi connectivity index (χ4n) is 2.14. The molecule has 1 fully saturated rings. The number of nitrogens with two attached hydrogens (primary N) is 1. The summed E-state index contributed by atoms with van der Waals surface area (Å²) in [7, 11) is -3.86. The summed E-state index contributed by atoms with van der Waals surface area (Å²) >= 11 is 0. The second-order valence-corrected chi connectivity index (χ2v) is 6.83. The summed E-state index contributed by atoms with van der Waals surface area (Å²) in [6.45, 7) is 2.70. The van der Waals surface area contributed by atoms with Crippen LogP contribution in [0.15, 0.2) is 0 Å². The Morgan fingerprint density at radius 2 is 2.15 bits per heavy atom. The lowest BCUT2D eigenvalue weighted by atomic mass is 10.0. The van der Waals surface area contributed by atoms with Crippen molar-refractivity contribution < 1.29 is 23.1 Å². The van der Waals surface area contributed by atoms with Gasteiger partial charge in [-0.2, -0.15) is 17.4 Å². The van der Waals surface area contributed by atoms with E-state index in [-0.39, 0.29) is 18.8 Å². The highest BCUT2D eigenvalue weighted by Gasteiger charge is 2.31. The van der Waals surface area contributed by atoms with Gasteiger partial charge in [0.1, 0.15) is 6.04 Å². The molecule has 0 aromatic heterocycles. The predicted molar refractivity (Wildman–Crippen MR) is 71.9 cm³/mol. The smallest absolute Gasteiger partial charge is 0.321 e. The van der Waals surface area contributed by atoms with E-state index in [4.69, 9.17) is 10.8 Å². The normalized spacial score (nSPS) is 22.4. The number of nitrogens with zero attached hydrogens (tertiary/aromatic N) is 1. The molecule has 116 valence electrons. The molecular formula is C11H21N3O5S. The van der Waals surface area contributed by atoms with Crippen molar-refractivity contribution in [1.82, 2.24) is 9.03 Å². The summed E-state index contributed by atoms with van der Waals surface area (Å²) in [5.41, 5.74) is 4.95. The number of rotatable bonds is 7. The molecule has 1 aliphatic rings. The molecule has 1 rings (SSSR count). The highest BCUT2D eigenvalue weighted by Crippen LogP contribution is 2.18. The fourth-order valence-corrected chi connectivity index (χ4v) is 3.69. The minimum atomic E-state index is -3.86. The first kappa shape index (κ1) is 16.9. The van der Waals surface area contributed by atoms with Crippen molar-refractivity contribution in [3.63, 3.8) is 0 Å². The Kier molecular flexibility index (Phi) is 5.90. The molecule has 8 nitrogen and oxygen atoms in total. The van der Waals surface area contributed by atoms with E-state index in [2.05, 4.69) is 4.72 Å². The van der Waals surface area contributed by atoms with Crippen LogP contribution in [-0.2, 0) is 19.8 Å². The molecule has 1 unspecified atom stereocenters. The van der Waals surface area contributed by atoms with Gasteiger partial charge in [0.25, 0.3) is 10.2 Å². The molecule has 1 saturated heterocycles. The average Bonchev–Trinajstić information content (AvgIpc) is 2.34. The number of carboxylic acid groups (broad SMARTS) is 1. The van der Waals surface area contributed by atoms with E-state index in [1.54, 1.807) is 0 Å². The van der Waals surface area contributed by atoms with Gasteiger partial charge in [0.15, 0.2) is 0 Å². The summed E-state index contributed by atoms with van der Waals surface area (Å²) in [4.78, 5) is 21.7. The first-order valence-electron chi connectivity index (χ1n) is 6.51. The maximum absolute atomic E-state index is 12.1. The summed E-state index contributed by atoms with van der Waals surface area (Å²) in [5.74, 6) is -1.74. The molecule has 2 atom stereocenters. The molecule has 1 amide bonds. The number of hydrogen-bond acceptors (Lipinski definition) is 4. The Labute approximate surface area is 118 Å². The van der Waals surface area contributed by atoms with Gasteiger partial charge in [0.05, 0.1) is 0 Å². The van der Waals surface area contributed by atoms with Gasteiger partial charge in [-0.1, -0.05) is 6.92 Å². The van der Waals surface area contributed by atoms with Crippen molar-refractivity contribution in [2.45, 2.75) is 38.6 Å². The van der Waals surface area contributed by atoms with Crippen LogP contribution in [0.4, 0.5) is 0 Å². The third-order valence-corrected chi connectivity index (χ3v) is 4.82. The molecule has 9 heteroatoms. The molecule has 1 aliphatic heterocycles. The van der Waals surface area contributed by atoms with Crippen LogP contribution in [0.2, 0.25) is 0 Å². The van der Waals surface area contributed by atoms with Gasteiger partial charge in [-0.25, -0.2) is 0 Å². The summed E-state index contributed by atoms with van der Waals surface area (Å²) in [6, 6.07) is -1.34. The van der Waals surface area contributed by atoms with Gasteiger partial charge >= 0.3 is 5.97 Å². The van der Waals surface area contributed by atoms with Crippen molar-refractivity contribution in [3.8, 4) is 0 Å². The van der Waals surface area contributed by atoms with Gasteiger partial charge in [-0.15, -0.1) is 0 Å². The average molecular weight is 307 g/mol. The lowest BCUT2D eigenvalue weighted by Gasteiger charge is -2.30. The van der Waals surface area contributed by atoms with E-state index in [1.807, 2.05) is 6.92 Å². The Balaban J connectivity index is 2.70. The number of carboxylic acids is 1. The zero-order chi connectivity index (χ0) is 15.3. The molecule has 0 radical (unpaired) electrons. The van der Waals surface area contributed by atoms with Gasteiger partial charge in [-0.05, 0) is 25.2 Å². The highest BCUT2D eigenvalue weighted by atomic mass is 32.2. The monoisotopic (exact) mass is 307 g/mol. The Bertz CT molecular complexity index is 465. The van der Waals surface area contributed by atoms with Crippen molar-refractivity contribution in [3.05, 3.63) is 0 Å². The van der Waals surface area contributed by atoms with Crippen molar-refractivity contribution in [1.29, 1.82) is 0 Å². The first-order valence-corrected chi connectivity index (χ1v) is 7.95. The number of hydrogen-bond donors (Lipinski definition) is 3. The van der Waals surface area contributed by atoms with E-state index in [1.165, 1.54) is 4.31 Å². The second kappa shape index (κ2) is 7.00. The quantitative estimate of drug-likeness (QED) is 0.571. The van der Waals surface area contributed by atoms with E-state index < -0.39 is 28.1 Å². The molecule has 0 spiro atoms. The number of aliphatic carboxylic acids is 1. The maximum Gasteiger partial charge on any atom is 0.321 e. The standard InChI is InChI=1S/C11H21N3O5S/c1-8-3-2-6-14(7-8)20(18,19)13-9(11(16)17)4-5-10(12)15/h8-9,13H,2-7H2,1H3,(H2,12,15)(H,16,17)/t8?,9-/m0/s1. The Hall–Kier alpha value is -1.19. The highest BCUT2D eigenvalue weighted by molar-refractivity contribution is 7.87. The van der Waals surface area contributed by atoms with Crippen molar-refractivity contribution in [2.75, 3.05) is 13.1 Å². The van der Waals surface area contributed by atoms with Crippen LogP contribution in [-0.4, -0.2) is 48.8 Å². The SMILES string of the molecule is CC1CCCN(S(=O)(=O)N[C@@H](CCC(N)=O)C(=O)O)C1. The molecular weight excluding hydrogens is 286 g/mol. The van der Waals surface area contributed by atoms with Crippen LogP contribution in [0, 0.1) is 5.92 Å².